The first-order valence-electron chi connectivity index (χ1n) is 10.3. The molecule has 29 heavy (non-hydrogen) atoms. The largest absolute Gasteiger partial charge is 0.357 e. The fourth-order valence-electron chi connectivity index (χ4n) is 3.18. The van der Waals surface area contributed by atoms with Gasteiger partial charge in [0.05, 0.1) is 17.2 Å². The average molecular weight is 532 g/mol. The van der Waals surface area contributed by atoms with E-state index in [-0.39, 0.29) is 29.4 Å². The first-order chi connectivity index (χ1) is 13.4. The molecule has 1 aliphatic rings. The van der Waals surface area contributed by atoms with Gasteiger partial charge < -0.3 is 10.6 Å². The van der Waals surface area contributed by atoms with Crippen LogP contribution in [0.25, 0.3) is 0 Å². The summed E-state index contributed by atoms with van der Waals surface area (Å²) >= 11 is 1.73. The normalized spacial score (nSPS) is 16.9. The highest BCUT2D eigenvalue weighted by atomic mass is 127. The van der Waals surface area contributed by atoms with Crippen LogP contribution in [-0.4, -0.2) is 44.8 Å². The molecule has 9 heteroatoms. The molecule has 7 nitrogen and oxygen atoms in total. The van der Waals surface area contributed by atoms with E-state index in [2.05, 4.69) is 60.7 Å². The van der Waals surface area contributed by atoms with E-state index in [4.69, 9.17) is 9.98 Å². The third-order valence-corrected chi connectivity index (χ3v) is 5.73. The van der Waals surface area contributed by atoms with Crippen molar-refractivity contribution in [2.24, 2.45) is 4.99 Å². The Kier molecular flexibility index (Phi) is 8.87. The molecular formula is C20H34IN7S. The molecule has 162 valence electrons. The topological polar surface area (TPSA) is 80.0 Å². The summed E-state index contributed by atoms with van der Waals surface area (Å²) in [5.41, 5.74) is 1.27. The Morgan fingerprint density at radius 1 is 1.31 bits per heavy atom. The van der Waals surface area contributed by atoms with Crippen LogP contribution in [0.1, 0.15) is 63.4 Å². The van der Waals surface area contributed by atoms with Crippen LogP contribution in [0.4, 0.5) is 0 Å². The molecule has 2 aromatic rings. The second kappa shape index (κ2) is 10.7. The predicted octanol–water partition coefficient (Wildman–Crippen LogP) is 3.33. The highest BCUT2D eigenvalue weighted by Crippen LogP contribution is 2.24. The van der Waals surface area contributed by atoms with Crippen molar-refractivity contribution in [2.75, 3.05) is 13.1 Å². The second-order valence-electron chi connectivity index (χ2n) is 8.25. The summed E-state index contributed by atoms with van der Waals surface area (Å²) in [5, 5.41) is 14.9. The number of fused-ring (bicyclic) bond motifs is 1. The van der Waals surface area contributed by atoms with Gasteiger partial charge in [0.25, 0.3) is 0 Å². The summed E-state index contributed by atoms with van der Waals surface area (Å²) in [6.07, 6.45) is 3.76. The lowest BCUT2D eigenvalue weighted by Crippen LogP contribution is -2.47. The molecule has 1 unspecified atom stereocenters. The van der Waals surface area contributed by atoms with Crippen molar-refractivity contribution in [3.8, 4) is 0 Å². The van der Waals surface area contributed by atoms with Gasteiger partial charge in [0, 0.05) is 49.2 Å². The molecule has 0 radical (unpaired) electrons. The Hall–Kier alpha value is -1.23. The molecule has 0 bridgehead atoms. The number of guanidine groups is 1. The number of hydrogen-bond acceptors (Lipinski definition) is 5. The van der Waals surface area contributed by atoms with Gasteiger partial charge >= 0.3 is 0 Å². The van der Waals surface area contributed by atoms with Crippen LogP contribution in [0.2, 0.25) is 0 Å². The first-order valence-corrected chi connectivity index (χ1v) is 11.2. The van der Waals surface area contributed by atoms with Gasteiger partial charge in [0.15, 0.2) is 11.8 Å². The second-order valence-corrected chi connectivity index (χ2v) is 9.19. The van der Waals surface area contributed by atoms with Gasteiger partial charge in [-0.25, -0.2) is 14.6 Å². The molecule has 3 rings (SSSR count). The molecule has 3 heterocycles. The van der Waals surface area contributed by atoms with Crippen LogP contribution in [0.5, 0.6) is 0 Å². The lowest BCUT2D eigenvalue weighted by molar-refractivity contribution is 0.392. The number of thiazole rings is 1. The van der Waals surface area contributed by atoms with Crippen LogP contribution in [0.15, 0.2) is 10.4 Å². The van der Waals surface area contributed by atoms with Gasteiger partial charge in [-0.05, 0) is 13.3 Å². The summed E-state index contributed by atoms with van der Waals surface area (Å²) in [6.45, 7) is 13.2. The average Bonchev–Trinajstić information content (AvgIpc) is 3.27. The predicted molar refractivity (Wildman–Crippen MR) is 131 cm³/mol. The minimum Gasteiger partial charge on any atom is -0.357 e. The summed E-state index contributed by atoms with van der Waals surface area (Å²) in [7, 11) is 0. The van der Waals surface area contributed by atoms with E-state index in [1.807, 2.05) is 4.68 Å². The van der Waals surface area contributed by atoms with E-state index in [1.165, 1.54) is 5.69 Å². The van der Waals surface area contributed by atoms with Gasteiger partial charge in [-0.1, -0.05) is 27.7 Å². The highest BCUT2D eigenvalue weighted by molar-refractivity contribution is 14.0. The molecule has 2 N–H and O–H groups in total. The maximum atomic E-state index is 4.77. The summed E-state index contributed by atoms with van der Waals surface area (Å²) in [5.74, 6) is 2.92. The number of nitrogens with zero attached hydrogens (tertiary/aromatic N) is 5. The van der Waals surface area contributed by atoms with E-state index >= 15 is 0 Å². The Bertz CT molecular complexity index is 806. The molecule has 0 saturated carbocycles. The van der Waals surface area contributed by atoms with Crippen LogP contribution in [0, 0.1) is 0 Å². The van der Waals surface area contributed by atoms with Crippen molar-refractivity contribution in [3.05, 3.63) is 27.7 Å². The number of aromatic nitrogens is 4. The lowest BCUT2D eigenvalue weighted by atomic mass is 9.93. The zero-order chi connectivity index (χ0) is 20.1. The molecule has 0 amide bonds. The Labute approximate surface area is 195 Å². The van der Waals surface area contributed by atoms with Gasteiger partial charge in [0.1, 0.15) is 5.82 Å². The van der Waals surface area contributed by atoms with Crippen molar-refractivity contribution >= 4 is 41.3 Å². The molecule has 0 aliphatic carbocycles. The van der Waals surface area contributed by atoms with E-state index in [9.17, 15) is 0 Å². The van der Waals surface area contributed by atoms with Crippen LogP contribution in [-0.2, 0) is 31.2 Å². The quantitative estimate of drug-likeness (QED) is 0.340. The van der Waals surface area contributed by atoms with Crippen molar-refractivity contribution in [2.45, 2.75) is 78.3 Å². The van der Waals surface area contributed by atoms with Gasteiger partial charge in [-0.2, -0.15) is 5.10 Å². The Morgan fingerprint density at radius 3 is 2.76 bits per heavy atom. The third-order valence-electron chi connectivity index (χ3n) is 4.82. The number of halogens is 1. The minimum absolute atomic E-state index is 0. The molecule has 1 atom stereocenters. The highest BCUT2D eigenvalue weighted by Gasteiger charge is 2.22. The van der Waals surface area contributed by atoms with Crippen LogP contribution < -0.4 is 10.6 Å². The first kappa shape index (κ1) is 24.0. The monoisotopic (exact) mass is 531 g/mol. The molecule has 1 aliphatic heterocycles. The number of nitrogens with one attached hydrogen (secondary N) is 2. The van der Waals surface area contributed by atoms with E-state index in [1.54, 1.807) is 11.3 Å². The molecule has 0 spiro atoms. The van der Waals surface area contributed by atoms with Crippen molar-refractivity contribution < 1.29 is 0 Å². The molecule has 0 aromatic carbocycles. The van der Waals surface area contributed by atoms with Crippen molar-refractivity contribution in [1.82, 2.24) is 30.4 Å². The standard InChI is InChI=1S/C20H33N7S.HI/c1-6-16-25-17-9-8-14(12-27(17)26-16)23-19(21-7-2)22-11-10-18-24-15(13-28-18)20(3,4)5;/h13-14H,6-12H2,1-5H3,(H2,21,22,23);1H. The third kappa shape index (κ3) is 6.63. The fourth-order valence-corrected chi connectivity index (χ4v) is 4.19. The molecule has 0 fully saturated rings. The summed E-state index contributed by atoms with van der Waals surface area (Å²) in [4.78, 5) is 14.1. The summed E-state index contributed by atoms with van der Waals surface area (Å²) in [6, 6.07) is 0.323. The van der Waals surface area contributed by atoms with Crippen molar-refractivity contribution in [3.63, 3.8) is 0 Å². The fraction of sp³-hybridized carbons (Fsp3) is 0.700. The summed E-state index contributed by atoms with van der Waals surface area (Å²) < 4.78 is 2.05. The van der Waals surface area contributed by atoms with Crippen LogP contribution >= 0.6 is 35.3 Å². The molecule has 0 saturated heterocycles. The number of aryl methyl sites for hydroxylation is 2. The van der Waals surface area contributed by atoms with Crippen molar-refractivity contribution in [1.29, 1.82) is 0 Å². The lowest BCUT2D eigenvalue weighted by Gasteiger charge is -2.25. The molecule has 2 aromatic heterocycles. The molecular weight excluding hydrogens is 497 g/mol. The number of rotatable bonds is 6. The Morgan fingerprint density at radius 2 is 2.10 bits per heavy atom. The van der Waals surface area contributed by atoms with E-state index in [0.717, 1.165) is 67.9 Å². The zero-order valence-corrected chi connectivity index (χ0v) is 21.3. The van der Waals surface area contributed by atoms with E-state index in [0.29, 0.717) is 6.04 Å². The smallest absolute Gasteiger partial charge is 0.191 e. The number of hydrogen-bond donors (Lipinski definition) is 2. The van der Waals surface area contributed by atoms with Gasteiger partial charge in [0.2, 0.25) is 0 Å². The zero-order valence-electron chi connectivity index (χ0n) is 18.2. The minimum atomic E-state index is 0. The maximum Gasteiger partial charge on any atom is 0.191 e. The number of aliphatic imine (C=N–C) groups is 1. The maximum absolute atomic E-state index is 4.77. The van der Waals surface area contributed by atoms with Gasteiger partial charge in [-0.3, -0.25) is 4.99 Å². The van der Waals surface area contributed by atoms with Crippen LogP contribution in [0.3, 0.4) is 0 Å². The Balaban J connectivity index is 0.00000300. The van der Waals surface area contributed by atoms with E-state index < -0.39 is 0 Å². The van der Waals surface area contributed by atoms with Gasteiger partial charge in [-0.15, -0.1) is 35.3 Å². The SMILES string of the molecule is CCNC(=NCCc1nc(C(C)(C)C)cs1)NC1CCc2nc(CC)nn2C1.I.